The lowest BCUT2D eigenvalue weighted by atomic mass is 10.0. The van der Waals surface area contributed by atoms with Crippen LogP contribution in [0.4, 0.5) is 10.1 Å². The number of nitrogens with zero attached hydrogens (tertiary/aromatic N) is 1. The van der Waals surface area contributed by atoms with Gasteiger partial charge in [0.05, 0.1) is 5.69 Å². The summed E-state index contributed by atoms with van der Waals surface area (Å²) in [5, 5.41) is 3.32. The van der Waals surface area contributed by atoms with E-state index < -0.39 is 0 Å². The Morgan fingerprint density at radius 3 is 2.65 bits per heavy atom. The molecule has 1 saturated heterocycles. The lowest BCUT2D eigenvalue weighted by molar-refractivity contribution is 0.229. The predicted molar refractivity (Wildman–Crippen MR) is 69.9 cm³/mol. The van der Waals surface area contributed by atoms with Gasteiger partial charge in [-0.1, -0.05) is 13.0 Å². The summed E-state index contributed by atoms with van der Waals surface area (Å²) in [7, 11) is 0. The molecule has 0 radical (unpaired) electrons. The van der Waals surface area contributed by atoms with Crippen molar-refractivity contribution >= 4 is 5.69 Å². The Kier molecular flexibility index (Phi) is 4.00. The molecule has 3 heteroatoms. The van der Waals surface area contributed by atoms with Crippen LogP contribution in [0.5, 0.6) is 0 Å². The van der Waals surface area contributed by atoms with Crippen LogP contribution in [-0.2, 0) is 0 Å². The van der Waals surface area contributed by atoms with Crippen molar-refractivity contribution in [3.05, 3.63) is 29.6 Å². The maximum Gasteiger partial charge on any atom is 0.146 e. The molecule has 0 saturated carbocycles. The molecule has 1 aromatic carbocycles. The molecule has 0 bridgehead atoms. The van der Waals surface area contributed by atoms with Crippen molar-refractivity contribution in [2.45, 2.75) is 32.7 Å². The van der Waals surface area contributed by atoms with Gasteiger partial charge in [-0.3, -0.25) is 0 Å². The van der Waals surface area contributed by atoms with Crippen LogP contribution in [0.25, 0.3) is 0 Å². The van der Waals surface area contributed by atoms with Crippen LogP contribution in [0.3, 0.4) is 0 Å². The molecule has 0 amide bonds. The van der Waals surface area contributed by atoms with E-state index in [0.29, 0.717) is 11.7 Å². The van der Waals surface area contributed by atoms with Crippen LogP contribution in [-0.4, -0.2) is 30.6 Å². The van der Waals surface area contributed by atoms with Gasteiger partial charge in [-0.25, -0.2) is 4.39 Å². The Labute approximate surface area is 103 Å². The van der Waals surface area contributed by atoms with Gasteiger partial charge in [0.15, 0.2) is 0 Å². The minimum absolute atomic E-state index is 0.136. The first kappa shape index (κ1) is 12.4. The fourth-order valence-electron chi connectivity index (χ4n) is 2.35. The van der Waals surface area contributed by atoms with E-state index >= 15 is 0 Å². The maximum atomic E-state index is 13.7. The fourth-order valence-corrected chi connectivity index (χ4v) is 2.35. The van der Waals surface area contributed by atoms with Crippen molar-refractivity contribution in [3.63, 3.8) is 0 Å². The zero-order valence-electron chi connectivity index (χ0n) is 10.7. The lowest BCUT2D eigenvalue weighted by Crippen LogP contribution is -2.38. The molecule has 1 aliphatic rings. The largest absolute Gasteiger partial charge is 0.380 e. The molecule has 0 aliphatic carbocycles. The van der Waals surface area contributed by atoms with Gasteiger partial charge >= 0.3 is 0 Å². The second-order valence-corrected chi connectivity index (χ2v) is 4.84. The molecule has 0 atom stereocenters. The molecular weight excluding hydrogens is 215 g/mol. The monoisotopic (exact) mass is 236 g/mol. The van der Waals surface area contributed by atoms with Crippen LogP contribution in [0.1, 0.15) is 25.3 Å². The zero-order chi connectivity index (χ0) is 12.3. The van der Waals surface area contributed by atoms with Crippen molar-refractivity contribution in [3.8, 4) is 0 Å². The van der Waals surface area contributed by atoms with Gasteiger partial charge in [-0.2, -0.15) is 0 Å². The van der Waals surface area contributed by atoms with E-state index in [-0.39, 0.29) is 5.82 Å². The molecule has 0 aromatic heterocycles. The van der Waals surface area contributed by atoms with E-state index in [1.807, 2.05) is 19.1 Å². The average Bonchev–Trinajstić information content (AvgIpc) is 2.34. The quantitative estimate of drug-likeness (QED) is 0.867. The Balaban J connectivity index is 1.93. The number of nitrogens with one attached hydrogen (secondary N) is 1. The number of halogens is 1. The standard InChI is InChI=1S/C14H21FN2/c1-3-17-8-6-12(7-9-17)16-14-5-4-11(2)10-13(14)15/h4-5,10,12,16H,3,6-9H2,1-2H3. The van der Waals surface area contributed by atoms with E-state index in [9.17, 15) is 4.39 Å². The van der Waals surface area contributed by atoms with Crippen LogP contribution < -0.4 is 5.32 Å². The number of anilines is 1. The highest BCUT2D eigenvalue weighted by atomic mass is 19.1. The number of benzene rings is 1. The third kappa shape index (κ3) is 3.19. The molecule has 1 heterocycles. The fraction of sp³-hybridized carbons (Fsp3) is 0.571. The minimum Gasteiger partial charge on any atom is -0.380 e. The molecule has 0 spiro atoms. The van der Waals surface area contributed by atoms with Crippen molar-refractivity contribution < 1.29 is 4.39 Å². The first-order chi connectivity index (χ1) is 8.19. The summed E-state index contributed by atoms with van der Waals surface area (Å²) in [5.41, 5.74) is 1.61. The van der Waals surface area contributed by atoms with Gasteiger partial charge in [0, 0.05) is 19.1 Å². The van der Waals surface area contributed by atoms with Crippen molar-refractivity contribution in [1.82, 2.24) is 4.90 Å². The predicted octanol–water partition coefficient (Wildman–Crippen LogP) is 3.03. The van der Waals surface area contributed by atoms with E-state index in [1.54, 1.807) is 6.07 Å². The van der Waals surface area contributed by atoms with Gasteiger partial charge in [0.25, 0.3) is 0 Å². The van der Waals surface area contributed by atoms with Crippen molar-refractivity contribution in [1.29, 1.82) is 0 Å². The van der Waals surface area contributed by atoms with Gasteiger partial charge in [-0.05, 0) is 44.0 Å². The Morgan fingerprint density at radius 1 is 1.35 bits per heavy atom. The molecule has 1 aromatic rings. The summed E-state index contributed by atoms with van der Waals surface area (Å²) in [6.45, 7) is 7.44. The highest BCUT2D eigenvalue weighted by Gasteiger charge is 2.18. The second-order valence-electron chi connectivity index (χ2n) is 4.84. The molecule has 17 heavy (non-hydrogen) atoms. The second kappa shape index (κ2) is 5.50. The Bertz CT molecular complexity index is 370. The van der Waals surface area contributed by atoms with Crippen LogP contribution in [0.2, 0.25) is 0 Å². The van der Waals surface area contributed by atoms with Gasteiger partial charge in [0.1, 0.15) is 5.82 Å². The van der Waals surface area contributed by atoms with Crippen LogP contribution in [0, 0.1) is 12.7 Å². The third-order valence-corrected chi connectivity index (χ3v) is 3.52. The minimum atomic E-state index is -0.136. The Hall–Kier alpha value is -1.09. The number of hydrogen-bond acceptors (Lipinski definition) is 2. The van der Waals surface area contributed by atoms with E-state index in [0.717, 1.165) is 38.0 Å². The maximum absolute atomic E-state index is 13.7. The molecule has 2 rings (SSSR count). The molecule has 1 aliphatic heterocycles. The lowest BCUT2D eigenvalue weighted by Gasteiger charge is -2.32. The van der Waals surface area contributed by atoms with Crippen LogP contribution in [0.15, 0.2) is 18.2 Å². The van der Waals surface area contributed by atoms with Gasteiger partial charge in [-0.15, -0.1) is 0 Å². The van der Waals surface area contributed by atoms with E-state index in [1.165, 1.54) is 0 Å². The summed E-state index contributed by atoms with van der Waals surface area (Å²) in [5.74, 6) is -0.136. The average molecular weight is 236 g/mol. The molecule has 94 valence electrons. The van der Waals surface area contributed by atoms with Crippen molar-refractivity contribution in [2.75, 3.05) is 25.0 Å². The Morgan fingerprint density at radius 2 is 2.06 bits per heavy atom. The summed E-state index contributed by atoms with van der Waals surface area (Å²) >= 11 is 0. The first-order valence-corrected chi connectivity index (χ1v) is 6.44. The number of hydrogen-bond donors (Lipinski definition) is 1. The van der Waals surface area contributed by atoms with E-state index in [2.05, 4.69) is 17.1 Å². The number of likely N-dealkylation sites (tertiary alicyclic amines) is 1. The number of piperidine rings is 1. The summed E-state index contributed by atoms with van der Waals surface area (Å²) in [6, 6.07) is 5.79. The number of rotatable bonds is 3. The molecule has 2 nitrogen and oxygen atoms in total. The smallest absolute Gasteiger partial charge is 0.146 e. The summed E-state index contributed by atoms with van der Waals surface area (Å²) < 4.78 is 13.7. The SMILES string of the molecule is CCN1CCC(Nc2ccc(C)cc2F)CC1. The summed E-state index contributed by atoms with van der Waals surface area (Å²) in [6.07, 6.45) is 2.20. The van der Waals surface area contributed by atoms with E-state index in [4.69, 9.17) is 0 Å². The highest BCUT2D eigenvalue weighted by molar-refractivity contribution is 5.47. The topological polar surface area (TPSA) is 15.3 Å². The van der Waals surface area contributed by atoms with Gasteiger partial charge < -0.3 is 10.2 Å². The summed E-state index contributed by atoms with van der Waals surface area (Å²) in [4.78, 5) is 2.43. The zero-order valence-corrected chi connectivity index (χ0v) is 10.7. The van der Waals surface area contributed by atoms with Crippen molar-refractivity contribution in [2.24, 2.45) is 0 Å². The molecular formula is C14H21FN2. The molecule has 1 N–H and O–H groups in total. The third-order valence-electron chi connectivity index (χ3n) is 3.52. The molecule has 0 unspecified atom stereocenters. The highest BCUT2D eigenvalue weighted by Crippen LogP contribution is 2.20. The van der Waals surface area contributed by atoms with Crippen LogP contribution >= 0.6 is 0 Å². The molecule has 1 fully saturated rings. The first-order valence-electron chi connectivity index (χ1n) is 6.44. The number of aryl methyl sites for hydroxylation is 1. The van der Waals surface area contributed by atoms with Gasteiger partial charge in [0.2, 0.25) is 0 Å². The normalized spacial score (nSPS) is 18.3.